The molecule has 0 atom stereocenters. The lowest BCUT2D eigenvalue weighted by Gasteiger charge is -2.08. The zero-order valence-corrected chi connectivity index (χ0v) is 43.1. The summed E-state index contributed by atoms with van der Waals surface area (Å²) in [6.45, 7) is 13.3. The second-order valence-corrected chi connectivity index (χ2v) is 18.0. The first-order chi connectivity index (χ1) is 36.8. The fraction of sp³-hybridized carbons (Fsp3) is 0.138. The average Bonchev–Trinajstić information content (AvgIpc) is 4.27. The topological polar surface area (TPSA) is 275 Å². The predicted molar refractivity (Wildman–Crippen MR) is 294 cm³/mol. The minimum absolute atomic E-state index is 0.0681. The van der Waals surface area contributed by atoms with Gasteiger partial charge in [0.2, 0.25) is 17.7 Å². The van der Waals surface area contributed by atoms with Crippen molar-refractivity contribution in [3.8, 4) is 34.4 Å². The molecule has 0 fully saturated rings. The van der Waals surface area contributed by atoms with Crippen LogP contribution >= 0.6 is 0 Å². The van der Waals surface area contributed by atoms with Gasteiger partial charge in [-0.05, 0) is 160 Å². The number of aromatic nitrogens is 5. The molecule has 4 aromatic heterocycles. The van der Waals surface area contributed by atoms with Crippen LogP contribution in [0.25, 0.3) is 67.7 Å². The van der Waals surface area contributed by atoms with E-state index in [0.717, 1.165) is 89.1 Å². The Morgan fingerprint density at radius 3 is 1.36 bits per heavy atom. The van der Waals surface area contributed by atoms with Gasteiger partial charge in [-0.1, -0.05) is 36.4 Å². The van der Waals surface area contributed by atoms with E-state index in [9.17, 15) is 29.8 Å². The number of hydrogen-bond acceptors (Lipinski definition) is 14. The summed E-state index contributed by atoms with van der Waals surface area (Å²) in [4.78, 5) is 56.5. The molecule has 11 aromatic rings. The fourth-order valence-corrected chi connectivity index (χ4v) is 8.31. The number of carboxylic acids is 1. The van der Waals surface area contributed by atoms with E-state index in [1.165, 1.54) is 41.9 Å². The zero-order chi connectivity index (χ0) is 55.2. The summed E-state index contributed by atoms with van der Waals surface area (Å²) >= 11 is 0. The molecular formula is C58H51N9O10. The quantitative estimate of drug-likeness (QED) is 0.0725. The lowest BCUT2D eigenvalue weighted by Crippen LogP contribution is -2.16. The molecule has 11 rings (SSSR count). The SMILES string of the molecule is Cc1cc(N)ccc1-c1nc2cccc(C)c2o1.Cc1cc(NC(=O)c2ccnn2C)ccc1-c1nc2cccc(C)c2o1.Cc1cc([N+](=O)[O-])ccc1-c1nc2cccc(C)c2o1.Cc1cc([N+](=O)[O-])ccc1C(=O)O. The van der Waals surface area contributed by atoms with Crippen molar-refractivity contribution in [2.24, 2.45) is 7.05 Å². The molecular weight excluding hydrogens is 983 g/mol. The molecule has 77 heavy (non-hydrogen) atoms. The van der Waals surface area contributed by atoms with Gasteiger partial charge in [0.15, 0.2) is 16.7 Å². The number of amides is 1. The molecule has 0 spiro atoms. The minimum atomic E-state index is -1.08. The van der Waals surface area contributed by atoms with E-state index in [0.29, 0.717) is 34.6 Å². The number of nitrogens with one attached hydrogen (secondary N) is 1. The van der Waals surface area contributed by atoms with Crippen LogP contribution in [0.2, 0.25) is 0 Å². The summed E-state index contributed by atoms with van der Waals surface area (Å²) < 4.78 is 19.1. The van der Waals surface area contributed by atoms with Crippen LogP contribution in [0.15, 0.2) is 153 Å². The maximum absolute atomic E-state index is 12.3. The number of benzene rings is 7. The Hall–Kier alpha value is -10.3. The van der Waals surface area contributed by atoms with Gasteiger partial charge < -0.3 is 29.4 Å². The van der Waals surface area contributed by atoms with Gasteiger partial charge in [0.05, 0.1) is 15.4 Å². The van der Waals surface area contributed by atoms with Crippen molar-refractivity contribution in [2.45, 2.75) is 48.5 Å². The van der Waals surface area contributed by atoms with E-state index in [1.807, 2.05) is 133 Å². The number of rotatable bonds is 8. The number of aromatic carboxylic acids is 1. The Kier molecular flexibility index (Phi) is 15.4. The van der Waals surface area contributed by atoms with Crippen molar-refractivity contribution in [2.75, 3.05) is 11.1 Å². The van der Waals surface area contributed by atoms with E-state index in [2.05, 4.69) is 25.4 Å². The first-order valence-electron chi connectivity index (χ1n) is 23.8. The Bertz CT molecular complexity index is 4060. The molecule has 0 bridgehead atoms. The number of nitrogen functional groups attached to an aromatic ring is 1. The number of oxazole rings is 3. The number of anilines is 2. The van der Waals surface area contributed by atoms with Crippen LogP contribution in [-0.4, -0.2) is 51.6 Å². The zero-order valence-electron chi connectivity index (χ0n) is 43.1. The summed E-state index contributed by atoms with van der Waals surface area (Å²) in [7, 11) is 1.73. The maximum atomic E-state index is 12.3. The van der Waals surface area contributed by atoms with Crippen LogP contribution in [0.1, 0.15) is 59.8 Å². The van der Waals surface area contributed by atoms with E-state index in [1.54, 1.807) is 25.4 Å². The summed E-state index contributed by atoms with van der Waals surface area (Å²) in [5.74, 6) is 0.442. The highest BCUT2D eigenvalue weighted by molar-refractivity contribution is 6.03. The monoisotopic (exact) mass is 1030 g/mol. The van der Waals surface area contributed by atoms with Gasteiger partial charge in [-0.3, -0.25) is 29.7 Å². The van der Waals surface area contributed by atoms with Gasteiger partial charge in [0.25, 0.3) is 17.3 Å². The number of carbonyl (C=O) groups excluding carboxylic acids is 1. The van der Waals surface area contributed by atoms with Crippen molar-refractivity contribution in [3.63, 3.8) is 0 Å². The standard InChI is InChI=1S/C20H18N4O2.C15H12N2O3.C15H14N2O.C8H7NO4/c1-12-5-4-6-16-18(12)26-20(23-16)15-8-7-14(11-13(15)2)22-19(25)17-9-10-21-24(17)3;1-9-4-3-5-13-14(9)20-15(16-13)12-7-6-11(17(18)19)8-10(12)2;1-9-4-3-5-13-14(9)18-15(17-13)12-7-6-11(16)8-10(12)2;1-5-4-6(9(12)13)2-3-7(5)8(10)11/h4-11H,1-3H3,(H,22,25);3-8H,1-2H3;3-8H,16H2,1-2H3;2-4H,1H3,(H,10,11). The van der Waals surface area contributed by atoms with Gasteiger partial charge in [0, 0.05) is 65.6 Å². The molecule has 0 aliphatic carbocycles. The Labute approximate surface area is 440 Å². The summed E-state index contributed by atoms with van der Waals surface area (Å²) in [5.41, 5.74) is 21.7. The van der Waals surface area contributed by atoms with Gasteiger partial charge in [-0.2, -0.15) is 5.10 Å². The van der Waals surface area contributed by atoms with Gasteiger partial charge >= 0.3 is 5.97 Å². The molecule has 19 heteroatoms. The molecule has 388 valence electrons. The van der Waals surface area contributed by atoms with Gasteiger partial charge in [-0.25, -0.2) is 19.7 Å². The van der Waals surface area contributed by atoms with Crippen molar-refractivity contribution in [1.82, 2.24) is 24.7 Å². The molecule has 0 radical (unpaired) electrons. The number of hydrogen-bond donors (Lipinski definition) is 3. The number of nitrogens with zero attached hydrogens (tertiary/aromatic N) is 7. The van der Waals surface area contributed by atoms with Crippen LogP contribution in [-0.2, 0) is 7.05 Å². The van der Waals surface area contributed by atoms with Crippen molar-refractivity contribution < 1.29 is 37.8 Å². The maximum Gasteiger partial charge on any atom is 0.335 e. The third-order valence-corrected chi connectivity index (χ3v) is 12.4. The van der Waals surface area contributed by atoms with Crippen LogP contribution in [0.5, 0.6) is 0 Å². The fourth-order valence-electron chi connectivity index (χ4n) is 8.31. The van der Waals surface area contributed by atoms with Crippen LogP contribution < -0.4 is 11.1 Å². The average molecular weight is 1030 g/mol. The lowest BCUT2D eigenvalue weighted by molar-refractivity contribution is -0.385. The summed E-state index contributed by atoms with van der Waals surface area (Å²) in [5, 5.41) is 36.6. The van der Waals surface area contributed by atoms with Gasteiger partial charge in [-0.15, -0.1) is 0 Å². The van der Waals surface area contributed by atoms with E-state index >= 15 is 0 Å². The summed E-state index contributed by atoms with van der Waals surface area (Å²) in [6.07, 6.45) is 1.60. The number of aryl methyl sites for hydroxylation is 8. The van der Waals surface area contributed by atoms with E-state index < -0.39 is 15.8 Å². The van der Waals surface area contributed by atoms with Crippen LogP contribution in [0.4, 0.5) is 22.7 Å². The van der Waals surface area contributed by atoms with E-state index in [-0.39, 0.29) is 22.8 Å². The minimum Gasteiger partial charge on any atom is -0.478 e. The number of carboxylic acid groups (broad SMARTS) is 1. The number of nitro groups is 2. The molecule has 7 aromatic carbocycles. The third-order valence-electron chi connectivity index (χ3n) is 12.4. The van der Waals surface area contributed by atoms with Gasteiger partial charge in [0.1, 0.15) is 22.2 Å². The number of nitrogens with two attached hydrogens (primary N) is 1. The number of carbonyl (C=O) groups is 2. The largest absolute Gasteiger partial charge is 0.478 e. The molecule has 19 nitrogen and oxygen atoms in total. The normalized spacial score (nSPS) is 10.8. The first kappa shape index (κ1) is 53.0. The highest BCUT2D eigenvalue weighted by Crippen LogP contribution is 2.33. The molecule has 0 saturated carbocycles. The Morgan fingerprint density at radius 2 is 0.974 bits per heavy atom. The predicted octanol–water partition coefficient (Wildman–Crippen LogP) is 13.4. The van der Waals surface area contributed by atoms with Crippen LogP contribution in [0, 0.1) is 68.7 Å². The number of para-hydroxylation sites is 3. The molecule has 4 N–H and O–H groups in total. The summed E-state index contributed by atoms with van der Waals surface area (Å²) in [6, 6.07) is 39.0. The molecule has 0 unspecified atom stereocenters. The van der Waals surface area contributed by atoms with E-state index in [4.69, 9.17) is 24.1 Å². The number of nitro benzene ring substituents is 2. The third kappa shape index (κ3) is 11.9. The van der Waals surface area contributed by atoms with Crippen LogP contribution in [0.3, 0.4) is 0 Å². The lowest BCUT2D eigenvalue weighted by atomic mass is 10.1. The van der Waals surface area contributed by atoms with Crippen molar-refractivity contribution in [3.05, 3.63) is 210 Å². The smallest absolute Gasteiger partial charge is 0.335 e. The highest BCUT2D eigenvalue weighted by Gasteiger charge is 2.18. The first-order valence-corrected chi connectivity index (χ1v) is 23.8. The second kappa shape index (κ2) is 22.4. The highest BCUT2D eigenvalue weighted by atomic mass is 16.6. The molecule has 0 saturated heterocycles. The molecule has 1 amide bonds. The Balaban J connectivity index is 0.000000140. The Morgan fingerprint density at radius 1 is 0.545 bits per heavy atom. The van der Waals surface area contributed by atoms with Crippen molar-refractivity contribution in [1.29, 1.82) is 0 Å². The van der Waals surface area contributed by atoms with Crippen molar-refractivity contribution >= 4 is 67.9 Å². The molecule has 4 heterocycles. The molecule has 0 aliphatic rings. The molecule has 0 aliphatic heterocycles. The second-order valence-electron chi connectivity index (χ2n) is 18.0. The number of fused-ring (bicyclic) bond motifs is 3. The number of non-ortho nitro benzene ring substituents is 2.